The third-order valence-electron chi connectivity index (χ3n) is 5.97. The van der Waals surface area contributed by atoms with Crippen molar-refractivity contribution < 1.29 is 32.2 Å². The number of hydrogen-bond acceptors (Lipinski definition) is 8. The van der Waals surface area contributed by atoms with Crippen LogP contribution in [0.15, 0.2) is 23.1 Å². The van der Waals surface area contributed by atoms with Crippen LogP contribution in [-0.4, -0.2) is 67.6 Å². The molecule has 4 rings (SSSR count). The Balaban J connectivity index is 1.84. The lowest BCUT2D eigenvalue weighted by Crippen LogP contribution is -2.43. The number of methoxy groups -OCH3 is 1. The molecule has 0 radical (unpaired) electrons. The molecule has 1 amide bonds. The lowest BCUT2D eigenvalue weighted by Gasteiger charge is -2.35. The van der Waals surface area contributed by atoms with E-state index in [4.69, 9.17) is 14.2 Å². The predicted octanol–water partition coefficient (Wildman–Crippen LogP) is 3.59. The van der Waals surface area contributed by atoms with Crippen LogP contribution >= 0.6 is 0 Å². The zero-order chi connectivity index (χ0) is 25.5. The number of benzene rings is 1. The van der Waals surface area contributed by atoms with Gasteiger partial charge >= 0.3 is 12.1 Å². The molecule has 2 aromatic rings. The Hall–Kier alpha value is -3.08. The van der Waals surface area contributed by atoms with Crippen molar-refractivity contribution in [1.82, 2.24) is 14.7 Å². The Morgan fingerprint density at radius 3 is 2.63 bits per heavy atom. The summed E-state index contributed by atoms with van der Waals surface area (Å²) < 4.78 is 44.3. The van der Waals surface area contributed by atoms with E-state index in [9.17, 15) is 18.0 Å². The zero-order valence-corrected chi connectivity index (χ0v) is 21.5. The number of sulfone groups is 1. The number of carbonyl (C=O) groups is 2. The molecule has 1 saturated heterocycles. The number of esters is 1. The number of amides is 1. The molecule has 2 aliphatic rings. The van der Waals surface area contributed by atoms with Gasteiger partial charge in [0.2, 0.25) is 0 Å². The molecule has 0 spiro atoms. The number of likely N-dealkylation sites (tertiary alicyclic amines) is 1. The number of carbonyl (C=O) groups excluding carboxylic acids is 2. The number of ether oxygens (including phenoxy) is 3. The van der Waals surface area contributed by atoms with Crippen molar-refractivity contribution in [3.63, 3.8) is 0 Å². The highest BCUT2D eigenvalue weighted by Crippen LogP contribution is 2.45. The molecule has 11 heteroatoms. The van der Waals surface area contributed by atoms with Crippen LogP contribution in [0.3, 0.4) is 0 Å². The fourth-order valence-electron chi connectivity index (χ4n) is 4.61. The van der Waals surface area contributed by atoms with Crippen molar-refractivity contribution in [2.24, 2.45) is 0 Å². The summed E-state index contributed by atoms with van der Waals surface area (Å²) in [6, 6.07) is 4.71. The smallest absolute Gasteiger partial charge is 0.410 e. The van der Waals surface area contributed by atoms with Crippen LogP contribution in [0.25, 0.3) is 11.3 Å². The van der Waals surface area contributed by atoms with Gasteiger partial charge in [-0.05, 0) is 46.6 Å². The van der Waals surface area contributed by atoms with Crippen molar-refractivity contribution in [1.29, 1.82) is 0 Å². The van der Waals surface area contributed by atoms with Gasteiger partial charge in [-0.3, -0.25) is 4.68 Å². The van der Waals surface area contributed by atoms with Gasteiger partial charge < -0.3 is 19.1 Å². The van der Waals surface area contributed by atoms with E-state index in [2.05, 4.69) is 5.10 Å². The van der Waals surface area contributed by atoms with Crippen LogP contribution in [0.1, 0.15) is 62.6 Å². The summed E-state index contributed by atoms with van der Waals surface area (Å²) in [5.41, 5.74) is 0.610. The van der Waals surface area contributed by atoms with E-state index in [1.807, 2.05) is 20.8 Å². The molecule has 3 heterocycles. The van der Waals surface area contributed by atoms with Gasteiger partial charge in [-0.1, -0.05) is 12.1 Å². The number of aromatic nitrogens is 2. The third-order valence-corrected chi connectivity index (χ3v) is 7.68. The van der Waals surface area contributed by atoms with E-state index in [-0.39, 0.29) is 29.0 Å². The first kappa shape index (κ1) is 25.0. The van der Waals surface area contributed by atoms with Crippen molar-refractivity contribution >= 4 is 21.9 Å². The van der Waals surface area contributed by atoms with Crippen LogP contribution in [0.5, 0.6) is 5.75 Å². The van der Waals surface area contributed by atoms with Gasteiger partial charge in [0.15, 0.2) is 15.5 Å². The summed E-state index contributed by atoms with van der Waals surface area (Å²) in [7, 11) is -2.38. The minimum atomic E-state index is -3.80. The minimum absolute atomic E-state index is 0.0201. The topological polar surface area (TPSA) is 117 Å². The Kier molecular flexibility index (Phi) is 6.56. The molecule has 1 atom stereocenters. The van der Waals surface area contributed by atoms with E-state index >= 15 is 0 Å². The Bertz CT molecular complexity index is 1260. The summed E-state index contributed by atoms with van der Waals surface area (Å²) in [6.07, 6.45) is 0.983. The molecule has 1 aromatic heterocycles. The third kappa shape index (κ3) is 4.73. The molecule has 0 bridgehead atoms. The monoisotopic (exact) mass is 505 g/mol. The maximum Gasteiger partial charge on any atom is 0.410 e. The highest BCUT2D eigenvalue weighted by molar-refractivity contribution is 7.91. The lowest BCUT2D eigenvalue weighted by molar-refractivity contribution is 0.0166. The number of hydrogen-bond donors (Lipinski definition) is 0. The average Bonchev–Trinajstić information content (AvgIpc) is 3.16. The van der Waals surface area contributed by atoms with Crippen molar-refractivity contribution in [2.75, 3.05) is 26.8 Å². The van der Waals surface area contributed by atoms with Crippen molar-refractivity contribution in [3.05, 3.63) is 29.5 Å². The molecule has 190 valence electrons. The Morgan fingerprint density at radius 1 is 1.23 bits per heavy atom. The first-order valence-electron chi connectivity index (χ1n) is 11.6. The van der Waals surface area contributed by atoms with Gasteiger partial charge in [0.1, 0.15) is 16.2 Å². The average molecular weight is 506 g/mol. The van der Waals surface area contributed by atoms with Crippen LogP contribution in [0.2, 0.25) is 0 Å². The van der Waals surface area contributed by atoms with Crippen LogP contribution in [0.4, 0.5) is 4.79 Å². The van der Waals surface area contributed by atoms with Crippen LogP contribution in [0, 0.1) is 0 Å². The molecule has 0 saturated carbocycles. The number of fused-ring (bicyclic) bond motifs is 3. The molecule has 35 heavy (non-hydrogen) atoms. The second-order valence-corrected chi connectivity index (χ2v) is 11.6. The van der Waals surface area contributed by atoms with Crippen molar-refractivity contribution in [2.45, 2.75) is 62.8 Å². The SMILES string of the molecule is CCOC(=O)c1nn(C2CCCN(C(=O)OC(C)(C)C)C2)c2c1CS(=O)(=O)c1c(OC)cccc1-2. The second-order valence-electron chi connectivity index (χ2n) is 9.66. The maximum atomic E-state index is 13.3. The molecule has 1 fully saturated rings. The fraction of sp³-hybridized carbons (Fsp3) is 0.542. The van der Waals surface area contributed by atoms with Gasteiger partial charge in [-0.2, -0.15) is 5.10 Å². The molecule has 2 aliphatic heterocycles. The molecular weight excluding hydrogens is 474 g/mol. The minimum Gasteiger partial charge on any atom is -0.495 e. The predicted molar refractivity (Wildman–Crippen MR) is 127 cm³/mol. The van der Waals surface area contributed by atoms with Gasteiger partial charge in [-0.15, -0.1) is 0 Å². The first-order valence-corrected chi connectivity index (χ1v) is 13.3. The highest BCUT2D eigenvalue weighted by Gasteiger charge is 2.40. The van der Waals surface area contributed by atoms with E-state index in [0.717, 1.165) is 0 Å². The lowest BCUT2D eigenvalue weighted by atomic mass is 10.0. The summed E-state index contributed by atoms with van der Waals surface area (Å²) in [4.78, 5) is 27.2. The van der Waals surface area contributed by atoms with Gasteiger partial charge in [0.25, 0.3) is 0 Å². The summed E-state index contributed by atoms with van der Waals surface area (Å²) in [5, 5.41) is 4.58. The molecule has 0 aliphatic carbocycles. The van der Waals surface area contributed by atoms with E-state index in [1.54, 1.807) is 34.7 Å². The fourth-order valence-corrected chi connectivity index (χ4v) is 6.37. The second kappa shape index (κ2) is 9.18. The summed E-state index contributed by atoms with van der Waals surface area (Å²) in [5.74, 6) is -0.840. The first-order chi connectivity index (χ1) is 16.5. The molecule has 10 nitrogen and oxygen atoms in total. The standard InChI is InChI=1S/C24H31N3O7S/c1-6-33-22(28)19-17-14-35(30,31)21-16(10-7-11-18(21)32-5)20(17)27(25-19)15-9-8-12-26(13-15)23(29)34-24(2,3)4/h7,10-11,15H,6,8-9,12-14H2,1-5H3. The van der Waals surface area contributed by atoms with Gasteiger partial charge in [0, 0.05) is 24.2 Å². The molecular formula is C24H31N3O7S. The van der Waals surface area contributed by atoms with E-state index < -0.39 is 33.3 Å². The quantitative estimate of drug-likeness (QED) is 0.579. The maximum absolute atomic E-state index is 13.3. The number of piperidine rings is 1. The number of nitrogens with zero attached hydrogens (tertiary/aromatic N) is 3. The molecule has 0 N–H and O–H groups in total. The number of rotatable bonds is 4. The largest absolute Gasteiger partial charge is 0.495 e. The van der Waals surface area contributed by atoms with E-state index in [0.29, 0.717) is 42.8 Å². The summed E-state index contributed by atoms with van der Waals surface area (Å²) >= 11 is 0. The van der Waals surface area contributed by atoms with Gasteiger partial charge in [-0.25, -0.2) is 18.0 Å². The van der Waals surface area contributed by atoms with E-state index in [1.165, 1.54) is 7.11 Å². The van der Waals surface area contributed by atoms with Gasteiger partial charge in [0.05, 0.1) is 31.2 Å². The zero-order valence-electron chi connectivity index (χ0n) is 20.7. The van der Waals surface area contributed by atoms with Crippen molar-refractivity contribution in [3.8, 4) is 17.0 Å². The Labute approximate surface area is 205 Å². The normalized spacial score (nSPS) is 18.9. The Morgan fingerprint density at radius 2 is 1.97 bits per heavy atom. The molecule has 1 unspecified atom stereocenters. The van der Waals surface area contributed by atoms with Crippen LogP contribution < -0.4 is 4.74 Å². The van der Waals surface area contributed by atoms with Crippen LogP contribution in [-0.2, 0) is 25.1 Å². The molecule has 1 aromatic carbocycles. The summed E-state index contributed by atoms with van der Waals surface area (Å²) in [6.45, 7) is 8.10. The highest BCUT2D eigenvalue weighted by atomic mass is 32.2.